The Bertz CT molecular complexity index is 510. The first-order chi connectivity index (χ1) is 8.73. The monoisotopic (exact) mass is 264 g/mol. The molecule has 0 unspecified atom stereocenters. The molecule has 0 heterocycles. The van der Waals surface area contributed by atoms with E-state index in [9.17, 15) is 9.59 Å². The number of carbonyl (C=O) groups is 2. The molecule has 0 radical (unpaired) electrons. The second-order valence-corrected chi connectivity index (χ2v) is 5.39. The SMILES string of the molecule is COC(=O)c1ccc(C(C)(C)C)c(C)c1C(=O)OC. The molecule has 0 fully saturated rings. The number of carbonyl (C=O) groups excluding carboxylic acids is 2. The van der Waals surface area contributed by atoms with Crippen LogP contribution < -0.4 is 0 Å². The molecule has 0 aliphatic carbocycles. The first-order valence-electron chi connectivity index (χ1n) is 6.04. The minimum absolute atomic E-state index is 0.124. The maximum atomic E-state index is 11.9. The fraction of sp³-hybridized carbons (Fsp3) is 0.467. The normalized spacial score (nSPS) is 11.1. The summed E-state index contributed by atoms with van der Waals surface area (Å²) >= 11 is 0. The third-order valence-electron chi connectivity index (χ3n) is 3.07. The predicted molar refractivity (Wildman–Crippen MR) is 72.6 cm³/mol. The molecular weight excluding hydrogens is 244 g/mol. The van der Waals surface area contributed by atoms with Gasteiger partial charge in [-0.3, -0.25) is 0 Å². The van der Waals surface area contributed by atoms with Gasteiger partial charge in [0.05, 0.1) is 25.3 Å². The molecule has 19 heavy (non-hydrogen) atoms. The maximum Gasteiger partial charge on any atom is 0.339 e. The van der Waals surface area contributed by atoms with E-state index in [-0.39, 0.29) is 16.5 Å². The van der Waals surface area contributed by atoms with Gasteiger partial charge in [0.2, 0.25) is 0 Å². The number of benzene rings is 1. The van der Waals surface area contributed by atoms with E-state index in [1.807, 2.05) is 33.8 Å². The Hall–Kier alpha value is -1.84. The van der Waals surface area contributed by atoms with Crippen molar-refractivity contribution in [2.45, 2.75) is 33.1 Å². The van der Waals surface area contributed by atoms with E-state index in [4.69, 9.17) is 9.47 Å². The molecule has 0 atom stereocenters. The van der Waals surface area contributed by atoms with Crippen LogP contribution in [-0.4, -0.2) is 26.2 Å². The summed E-state index contributed by atoms with van der Waals surface area (Å²) in [5.41, 5.74) is 2.14. The van der Waals surface area contributed by atoms with Gasteiger partial charge in [0.1, 0.15) is 0 Å². The number of esters is 2. The van der Waals surface area contributed by atoms with E-state index < -0.39 is 11.9 Å². The van der Waals surface area contributed by atoms with Gasteiger partial charge in [-0.1, -0.05) is 26.8 Å². The van der Waals surface area contributed by atoms with Crippen molar-refractivity contribution < 1.29 is 19.1 Å². The number of ether oxygens (including phenoxy) is 2. The van der Waals surface area contributed by atoms with Crippen LogP contribution >= 0.6 is 0 Å². The largest absolute Gasteiger partial charge is 0.465 e. The third-order valence-corrected chi connectivity index (χ3v) is 3.07. The standard InChI is InChI=1S/C15H20O4/c1-9-11(15(2,3)4)8-7-10(13(16)18-5)12(9)14(17)19-6/h7-8H,1-6H3. The predicted octanol–water partition coefficient (Wildman–Crippen LogP) is 2.87. The smallest absolute Gasteiger partial charge is 0.339 e. The van der Waals surface area contributed by atoms with Crippen molar-refractivity contribution in [1.29, 1.82) is 0 Å². The average molecular weight is 264 g/mol. The van der Waals surface area contributed by atoms with Crippen molar-refractivity contribution >= 4 is 11.9 Å². The third kappa shape index (κ3) is 2.95. The summed E-state index contributed by atoms with van der Waals surface area (Å²) in [5, 5.41) is 0. The topological polar surface area (TPSA) is 52.6 Å². The van der Waals surface area contributed by atoms with Crippen LogP contribution in [0.2, 0.25) is 0 Å². The highest BCUT2D eigenvalue weighted by molar-refractivity contribution is 6.04. The second kappa shape index (κ2) is 5.43. The lowest BCUT2D eigenvalue weighted by atomic mass is 9.81. The number of rotatable bonds is 2. The highest BCUT2D eigenvalue weighted by atomic mass is 16.5. The molecule has 1 rings (SSSR count). The van der Waals surface area contributed by atoms with Gasteiger partial charge >= 0.3 is 11.9 Å². The highest BCUT2D eigenvalue weighted by Gasteiger charge is 2.26. The second-order valence-electron chi connectivity index (χ2n) is 5.39. The fourth-order valence-corrected chi connectivity index (χ4v) is 2.17. The quantitative estimate of drug-likeness (QED) is 0.771. The van der Waals surface area contributed by atoms with Crippen LogP contribution in [0, 0.1) is 6.92 Å². The van der Waals surface area contributed by atoms with Crippen molar-refractivity contribution in [3.8, 4) is 0 Å². The van der Waals surface area contributed by atoms with Crippen LogP contribution in [0.4, 0.5) is 0 Å². The molecule has 4 heteroatoms. The minimum Gasteiger partial charge on any atom is -0.465 e. The Morgan fingerprint density at radius 3 is 1.95 bits per heavy atom. The number of hydrogen-bond donors (Lipinski definition) is 0. The Morgan fingerprint density at radius 2 is 1.53 bits per heavy atom. The van der Waals surface area contributed by atoms with Crippen molar-refractivity contribution in [3.63, 3.8) is 0 Å². The van der Waals surface area contributed by atoms with Crippen LogP contribution in [-0.2, 0) is 14.9 Å². The van der Waals surface area contributed by atoms with Crippen molar-refractivity contribution in [2.24, 2.45) is 0 Å². The maximum absolute atomic E-state index is 11.9. The molecule has 0 aliphatic heterocycles. The van der Waals surface area contributed by atoms with Crippen LogP contribution in [0.1, 0.15) is 52.6 Å². The first kappa shape index (κ1) is 15.2. The van der Waals surface area contributed by atoms with Crippen molar-refractivity contribution in [1.82, 2.24) is 0 Å². The summed E-state index contributed by atoms with van der Waals surface area (Å²) in [6, 6.07) is 3.47. The molecule has 0 saturated heterocycles. The molecule has 1 aromatic carbocycles. The van der Waals surface area contributed by atoms with Crippen LogP contribution in [0.5, 0.6) is 0 Å². The molecule has 4 nitrogen and oxygen atoms in total. The number of hydrogen-bond acceptors (Lipinski definition) is 4. The lowest BCUT2D eigenvalue weighted by Gasteiger charge is -2.24. The van der Waals surface area contributed by atoms with Gasteiger partial charge < -0.3 is 9.47 Å². The van der Waals surface area contributed by atoms with Crippen LogP contribution in [0.25, 0.3) is 0 Å². The van der Waals surface area contributed by atoms with E-state index in [0.29, 0.717) is 0 Å². The van der Waals surface area contributed by atoms with Gasteiger partial charge in [-0.15, -0.1) is 0 Å². The zero-order valence-electron chi connectivity index (χ0n) is 12.3. The first-order valence-corrected chi connectivity index (χ1v) is 6.04. The van der Waals surface area contributed by atoms with E-state index >= 15 is 0 Å². The highest BCUT2D eigenvalue weighted by Crippen LogP contribution is 2.30. The Kier molecular flexibility index (Phi) is 4.35. The van der Waals surface area contributed by atoms with Crippen LogP contribution in [0.15, 0.2) is 12.1 Å². The fourth-order valence-electron chi connectivity index (χ4n) is 2.17. The van der Waals surface area contributed by atoms with Gasteiger partial charge in [0.15, 0.2) is 0 Å². The summed E-state index contributed by atoms with van der Waals surface area (Å²) in [5.74, 6) is -1.06. The number of methoxy groups -OCH3 is 2. The lowest BCUT2D eigenvalue weighted by molar-refractivity contribution is 0.0554. The van der Waals surface area contributed by atoms with Gasteiger partial charge in [0, 0.05) is 0 Å². The summed E-state index contributed by atoms with van der Waals surface area (Å²) in [7, 11) is 2.59. The Balaban J connectivity index is 3.59. The summed E-state index contributed by atoms with van der Waals surface area (Å²) < 4.78 is 9.48. The molecule has 0 N–H and O–H groups in total. The lowest BCUT2D eigenvalue weighted by Crippen LogP contribution is -2.19. The van der Waals surface area contributed by atoms with E-state index in [2.05, 4.69) is 0 Å². The summed E-state index contributed by atoms with van der Waals surface area (Å²) in [4.78, 5) is 23.7. The van der Waals surface area contributed by atoms with Gasteiger partial charge in [0.25, 0.3) is 0 Å². The van der Waals surface area contributed by atoms with Gasteiger partial charge in [-0.05, 0) is 29.5 Å². The molecule has 0 spiro atoms. The van der Waals surface area contributed by atoms with Crippen molar-refractivity contribution in [2.75, 3.05) is 14.2 Å². The van der Waals surface area contributed by atoms with E-state index in [0.717, 1.165) is 11.1 Å². The van der Waals surface area contributed by atoms with Crippen LogP contribution in [0.3, 0.4) is 0 Å². The Morgan fingerprint density at radius 1 is 1.00 bits per heavy atom. The van der Waals surface area contributed by atoms with Gasteiger partial charge in [-0.2, -0.15) is 0 Å². The zero-order chi connectivity index (χ0) is 14.8. The van der Waals surface area contributed by atoms with E-state index in [1.54, 1.807) is 6.07 Å². The molecule has 0 amide bonds. The molecule has 0 aliphatic rings. The minimum atomic E-state index is -0.538. The van der Waals surface area contributed by atoms with Crippen molar-refractivity contribution in [3.05, 3.63) is 34.4 Å². The molecule has 1 aromatic rings. The molecule has 104 valence electrons. The average Bonchev–Trinajstić information content (AvgIpc) is 2.34. The summed E-state index contributed by atoms with van der Waals surface area (Å²) in [6.45, 7) is 7.97. The van der Waals surface area contributed by atoms with Gasteiger partial charge in [-0.25, -0.2) is 9.59 Å². The Labute approximate surface area is 113 Å². The summed E-state index contributed by atoms with van der Waals surface area (Å²) in [6.07, 6.45) is 0. The molecule has 0 aromatic heterocycles. The zero-order valence-corrected chi connectivity index (χ0v) is 12.3. The molecular formula is C15H20O4. The van der Waals surface area contributed by atoms with E-state index in [1.165, 1.54) is 14.2 Å². The molecule has 0 saturated carbocycles. The molecule has 0 bridgehead atoms.